The summed E-state index contributed by atoms with van der Waals surface area (Å²) < 4.78 is 3.73. The number of nitrogens with one attached hydrogen (secondary N) is 1. The zero-order valence-electron chi connectivity index (χ0n) is 11.0. The summed E-state index contributed by atoms with van der Waals surface area (Å²) in [6.45, 7) is 0.463. The number of aryl methyl sites for hydroxylation is 2. The summed E-state index contributed by atoms with van der Waals surface area (Å²) in [6, 6.07) is 0. The molecule has 9 nitrogen and oxygen atoms in total. The molecule has 0 aliphatic heterocycles. The van der Waals surface area contributed by atoms with E-state index in [0.717, 1.165) is 9.25 Å². The molecule has 0 saturated heterocycles. The Bertz CT molecular complexity index is 697. The number of aromatic nitrogens is 6. The molecule has 0 fully saturated rings. The van der Waals surface area contributed by atoms with E-state index in [1.54, 1.807) is 18.1 Å². The number of rotatable bonds is 4. The van der Waals surface area contributed by atoms with Crippen molar-refractivity contribution in [2.24, 2.45) is 21.1 Å². The summed E-state index contributed by atoms with van der Waals surface area (Å²) in [5.41, 5.74) is -0.904. The Hall–Kier alpha value is -2.45. The van der Waals surface area contributed by atoms with Gasteiger partial charge in [-0.1, -0.05) is 0 Å². The van der Waals surface area contributed by atoms with Crippen LogP contribution in [0.1, 0.15) is 5.82 Å². The topological polar surface area (TPSA) is 99.6 Å². The molecule has 0 saturated carbocycles. The molecule has 0 aromatic carbocycles. The molecule has 0 aliphatic carbocycles. The van der Waals surface area contributed by atoms with Gasteiger partial charge in [0.05, 0.1) is 0 Å². The predicted molar refractivity (Wildman–Crippen MR) is 67.9 cm³/mol. The Morgan fingerprint density at radius 3 is 2.58 bits per heavy atom. The van der Waals surface area contributed by atoms with Gasteiger partial charge in [0.2, 0.25) is 5.82 Å². The van der Waals surface area contributed by atoms with E-state index >= 15 is 0 Å². The zero-order valence-corrected chi connectivity index (χ0v) is 11.0. The van der Waals surface area contributed by atoms with Crippen LogP contribution in [0.3, 0.4) is 0 Å². The molecule has 19 heavy (non-hydrogen) atoms. The van der Waals surface area contributed by atoms with Crippen molar-refractivity contribution in [3.8, 4) is 0 Å². The molecule has 2 aromatic heterocycles. The molecule has 0 aliphatic rings. The van der Waals surface area contributed by atoms with Crippen LogP contribution < -0.4 is 16.6 Å². The van der Waals surface area contributed by atoms with Gasteiger partial charge in [0, 0.05) is 34.1 Å². The van der Waals surface area contributed by atoms with Gasteiger partial charge in [-0.15, -0.1) is 5.10 Å². The molecular weight excluding hydrogens is 250 g/mol. The van der Waals surface area contributed by atoms with Crippen molar-refractivity contribution in [3.05, 3.63) is 33.0 Å². The molecule has 0 spiro atoms. The van der Waals surface area contributed by atoms with Gasteiger partial charge in [-0.2, -0.15) is 5.10 Å². The average Bonchev–Trinajstić information content (AvgIpc) is 2.79. The third-order valence-electron chi connectivity index (χ3n) is 2.61. The van der Waals surface area contributed by atoms with Crippen molar-refractivity contribution in [3.63, 3.8) is 0 Å². The Balaban J connectivity index is 2.08. The van der Waals surface area contributed by atoms with Gasteiger partial charge < -0.3 is 5.32 Å². The molecule has 0 radical (unpaired) electrons. The highest BCUT2D eigenvalue weighted by Crippen LogP contribution is 1.93. The fourth-order valence-corrected chi connectivity index (χ4v) is 1.60. The third-order valence-corrected chi connectivity index (χ3v) is 2.61. The van der Waals surface area contributed by atoms with Crippen LogP contribution in [-0.2, 0) is 27.6 Å². The number of hydrogen-bond donors (Lipinski definition) is 1. The largest absolute Gasteiger partial charge is 0.364 e. The first-order valence-electron chi connectivity index (χ1n) is 5.72. The summed E-state index contributed by atoms with van der Waals surface area (Å²) >= 11 is 0. The van der Waals surface area contributed by atoms with E-state index < -0.39 is 11.2 Å². The summed E-state index contributed by atoms with van der Waals surface area (Å²) in [4.78, 5) is 27.3. The first kappa shape index (κ1) is 13.0. The van der Waals surface area contributed by atoms with Crippen LogP contribution >= 0.6 is 0 Å². The summed E-state index contributed by atoms with van der Waals surface area (Å²) in [5, 5.41) is 10.9. The zero-order chi connectivity index (χ0) is 14.0. The van der Waals surface area contributed by atoms with Gasteiger partial charge in [-0.3, -0.25) is 14.0 Å². The molecule has 2 heterocycles. The molecule has 102 valence electrons. The molecule has 0 atom stereocenters. The van der Waals surface area contributed by atoms with Gasteiger partial charge in [0.1, 0.15) is 6.33 Å². The minimum absolute atomic E-state index is 0.139. The minimum Gasteiger partial charge on any atom is -0.364 e. The summed E-state index contributed by atoms with van der Waals surface area (Å²) in [6.07, 6.45) is 2.17. The maximum atomic E-state index is 11.8. The molecule has 9 heteroatoms. The quantitative estimate of drug-likeness (QED) is 0.704. The predicted octanol–water partition coefficient (Wildman–Crippen LogP) is -1.74. The molecule has 1 N–H and O–H groups in total. The van der Waals surface area contributed by atoms with Gasteiger partial charge in [-0.25, -0.2) is 14.5 Å². The minimum atomic E-state index is -0.457. The fraction of sp³-hybridized carbons (Fsp3) is 0.500. The van der Waals surface area contributed by atoms with Crippen LogP contribution in [-0.4, -0.2) is 35.7 Å². The second-order valence-corrected chi connectivity index (χ2v) is 4.13. The monoisotopic (exact) mass is 265 g/mol. The van der Waals surface area contributed by atoms with E-state index in [0.29, 0.717) is 18.8 Å². The second kappa shape index (κ2) is 5.04. The van der Waals surface area contributed by atoms with E-state index in [1.807, 2.05) is 0 Å². The lowest BCUT2D eigenvalue weighted by molar-refractivity contribution is 0.604. The number of hydrogen-bond acceptors (Lipinski definition) is 6. The lowest BCUT2D eigenvalue weighted by atomic mass is 10.4. The van der Waals surface area contributed by atoms with Crippen LogP contribution in [0.15, 0.2) is 15.9 Å². The molecule has 0 unspecified atom stereocenters. The van der Waals surface area contributed by atoms with Gasteiger partial charge in [0.15, 0.2) is 5.82 Å². The van der Waals surface area contributed by atoms with Gasteiger partial charge in [-0.05, 0) is 0 Å². The van der Waals surface area contributed by atoms with Crippen molar-refractivity contribution in [1.82, 2.24) is 29.1 Å². The summed E-state index contributed by atoms with van der Waals surface area (Å²) in [5.74, 6) is 0.817. The van der Waals surface area contributed by atoms with Crippen LogP contribution in [0.4, 0.5) is 5.82 Å². The SMILES string of the molecule is Cn1cnc(CCNc2nn(C)c(=O)n(C)c2=O)n1. The standard InChI is InChI=1S/C10H15N7O2/c1-15-6-12-7(13-15)4-5-11-8-9(18)16(2)10(19)17(3)14-8/h6H,4-5H2,1-3H3,(H,11,14). The molecule has 2 rings (SSSR count). The van der Waals surface area contributed by atoms with E-state index in [1.165, 1.54) is 14.1 Å². The smallest absolute Gasteiger partial charge is 0.346 e. The maximum absolute atomic E-state index is 11.8. The highest BCUT2D eigenvalue weighted by Gasteiger charge is 2.08. The van der Waals surface area contributed by atoms with E-state index in [9.17, 15) is 9.59 Å². The third kappa shape index (κ3) is 2.69. The normalized spacial score (nSPS) is 10.7. The lowest BCUT2D eigenvalue weighted by Gasteiger charge is -2.06. The Morgan fingerprint density at radius 1 is 1.21 bits per heavy atom. The van der Waals surface area contributed by atoms with Crippen LogP contribution in [0, 0.1) is 0 Å². The first-order chi connectivity index (χ1) is 8.99. The van der Waals surface area contributed by atoms with Crippen LogP contribution in [0.25, 0.3) is 0 Å². The second-order valence-electron chi connectivity index (χ2n) is 4.13. The fourth-order valence-electron chi connectivity index (χ4n) is 1.60. The van der Waals surface area contributed by atoms with Crippen molar-refractivity contribution in [2.75, 3.05) is 11.9 Å². The van der Waals surface area contributed by atoms with Crippen molar-refractivity contribution < 1.29 is 0 Å². The van der Waals surface area contributed by atoms with E-state index in [2.05, 4.69) is 20.5 Å². The summed E-state index contributed by atoms with van der Waals surface area (Å²) in [7, 11) is 4.69. The molecule has 0 bridgehead atoms. The van der Waals surface area contributed by atoms with Gasteiger partial charge >= 0.3 is 5.69 Å². The van der Waals surface area contributed by atoms with E-state index in [4.69, 9.17) is 0 Å². The van der Waals surface area contributed by atoms with Crippen LogP contribution in [0.2, 0.25) is 0 Å². The van der Waals surface area contributed by atoms with E-state index in [-0.39, 0.29) is 5.82 Å². The Morgan fingerprint density at radius 2 is 1.95 bits per heavy atom. The molecule has 0 amide bonds. The van der Waals surface area contributed by atoms with Crippen molar-refractivity contribution in [1.29, 1.82) is 0 Å². The first-order valence-corrected chi connectivity index (χ1v) is 5.72. The van der Waals surface area contributed by atoms with Gasteiger partial charge in [0.25, 0.3) is 5.56 Å². The average molecular weight is 265 g/mol. The highest BCUT2D eigenvalue weighted by atomic mass is 16.2. The number of anilines is 1. The van der Waals surface area contributed by atoms with Crippen molar-refractivity contribution in [2.45, 2.75) is 6.42 Å². The Labute approximate surface area is 108 Å². The maximum Gasteiger partial charge on any atom is 0.346 e. The van der Waals surface area contributed by atoms with Crippen LogP contribution in [0.5, 0.6) is 0 Å². The molecule has 2 aromatic rings. The lowest BCUT2D eigenvalue weighted by Crippen LogP contribution is -2.40. The highest BCUT2D eigenvalue weighted by molar-refractivity contribution is 5.29. The van der Waals surface area contributed by atoms with Crippen molar-refractivity contribution >= 4 is 5.82 Å². The number of nitrogens with zero attached hydrogens (tertiary/aromatic N) is 6. The Kier molecular flexibility index (Phi) is 3.45. The molecular formula is C10H15N7O2.